The summed E-state index contributed by atoms with van der Waals surface area (Å²) in [6.07, 6.45) is 2.14. The molecule has 0 aliphatic carbocycles. The van der Waals surface area contributed by atoms with Crippen LogP contribution in [0.4, 0.5) is 0 Å². The molecule has 0 aromatic rings. The van der Waals surface area contributed by atoms with Crippen molar-refractivity contribution in [3.63, 3.8) is 0 Å². The first-order valence-corrected chi connectivity index (χ1v) is 4.02. The molecule has 0 spiro atoms. The van der Waals surface area contributed by atoms with Crippen LogP contribution in [-0.4, -0.2) is 19.3 Å². The van der Waals surface area contributed by atoms with Gasteiger partial charge >= 0.3 is 0 Å². The van der Waals surface area contributed by atoms with Crippen molar-refractivity contribution < 1.29 is 4.74 Å². The Morgan fingerprint density at radius 1 is 1.70 bits per heavy atom. The summed E-state index contributed by atoms with van der Waals surface area (Å²) >= 11 is 0. The maximum Gasteiger partial charge on any atom is 0.0534 e. The van der Waals surface area contributed by atoms with Gasteiger partial charge in [-0.05, 0) is 12.8 Å². The molecule has 2 atom stereocenters. The van der Waals surface area contributed by atoms with E-state index in [1.54, 1.807) is 0 Å². The molecule has 1 rings (SSSR count). The molecule has 60 valence electrons. The van der Waals surface area contributed by atoms with Gasteiger partial charge in [-0.1, -0.05) is 13.8 Å². The van der Waals surface area contributed by atoms with Gasteiger partial charge in [-0.25, -0.2) is 0 Å². The first kappa shape index (κ1) is 8.02. The van der Waals surface area contributed by atoms with E-state index in [-0.39, 0.29) is 5.41 Å². The fraction of sp³-hybridized carbons (Fsp3) is 1.00. The van der Waals surface area contributed by atoms with Gasteiger partial charge in [0.2, 0.25) is 0 Å². The molecule has 1 saturated heterocycles. The third kappa shape index (κ3) is 1.32. The van der Waals surface area contributed by atoms with Gasteiger partial charge in [0.1, 0.15) is 0 Å². The number of nitrogens with two attached hydrogens (primary N) is 1. The van der Waals surface area contributed by atoms with E-state index in [9.17, 15) is 0 Å². The average molecular weight is 143 g/mol. The maximum atomic E-state index is 5.94. The third-order valence-electron chi connectivity index (χ3n) is 2.71. The Bertz CT molecular complexity index is 116. The predicted octanol–water partition coefficient (Wildman–Crippen LogP) is 1.15. The SMILES string of the molecule is CCC1(C)COCCC1N. The van der Waals surface area contributed by atoms with Crippen LogP contribution in [0.3, 0.4) is 0 Å². The molecule has 1 heterocycles. The molecule has 2 unspecified atom stereocenters. The van der Waals surface area contributed by atoms with Crippen LogP contribution in [0.5, 0.6) is 0 Å². The van der Waals surface area contributed by atoms with Crippen molar-refractivity contribution >= 4 is 0 Å². The Hall–Kier alpha value is -0.0800. The molecule has 1 aliphatic rings. The highest BCUT2D eigenvalue weighted by molar-refractivity contribution is 4.86. The molecule has 0 bridgehead atoms. The molecule has 10 heavy (non-hydrogen) atoms. The summed E-state index contributed by atoms with van der Waals surface area (Å²) in [4.78, 5) is 0. The standard InChI is InChI=1S/C8H17NO/c1-3-8(2)6-10-5-4-7(8)9/h7H,3-6,9H2,1-2H3. The van der Waals surface area contributed by atoms with Crippen molar-refractivity contribution in [3.05, 3.63) is 0 Å². The summed E-state index contributed by atoms with van der Waals surface area (Å²) in [6, 6.07) is 0.339. The summed E-state index contributed by atoms with van der Waals surface area (Å²) in [5.74, 6) is 0. The summed E-state index contributed by atoms with van der Waals surface area (Å²) in [5, 5.41) is 0. The van der Waals surface area contributed by atoms with E-state index < -0.39 is 0 Å². The van der Waals surface area contributed by atoms with Crippen LogP contribution in [-0.2, 0) is 4.74 Å². The zero-order valence-corrected chi connectivity index (χ0v) is 6.89. The molecule has 2 heteroatoms. The topological polar surface area (TPSA) is 35.2 Å². The van der Waals surface area contributed by atoms with Crippen molar-refractivity contribution in [3.8, 4) is 0 Å². The van der Waals surface area contributed by atoms with Crippen LogP contribution in [0.2, 0.25) is 0 Å². The van der Waals surface area contributed by atoms with Gasteiger partial charge in [0, 0.05) is 18.1 Å². The second-order valence-electron chi connectivity index (χ2n) is 3.46. The second kappa shape index (κ2) is 2.89. The average Bonchev–Trinajstić information content (AvgIpc) is 1.96. The molecule has 0 aromatic heterocycles. The summed E-state index contributed by atoms with van der Waals surface area (Å²) in [5.41, 5.74) is 6.18. The van der Waals surface area contributed by atoms with Crippen LogP contribution in [0.25, 0.3) is 0 Å². The second-order valence-corrected chi connectivity index (χ2v) is 3.46. The molecule has 0 saturated carbocycles. The first-order valence-electron chi connectivity index (χ1n) is 4.02. The lowest BCUT2D eigenvalue weighted by Crippen LogP contribution is -2.46. The van der Waals surface area contributed by atoms with Gasteiger partial charge in [0.25, 0.3) is 0 Å². The first-order chi connectivity index (χ1) is 4.69. The fourth-order valence-corrected chi connectivity index (χ4v) is 1.34. The Morgan fingerprint density at radius 2 is 2.40 bits per heavy atom. The largest absolute Gasteiger partial charge is 0.381 e. The lowest BCUT2D eigenvalue weighted by molar-refractivity contribution is -0.0143. The minimum Gasteiger partial charge on any atom is -0.381 e. The minimum atomic E-state index is 0.234. The quantitative estimate of drug-likeness (QED) is 0.597. The van der Waals surface area contributed by atoms with Crippen molar-refractivity contribution in [2.24, 2.45) is 11.1 Å². The van der Waals surface area contributed by atoms with Crippen LogP contribution in [0.1, 0.15) is 26.7 Å². The smallest absolute Gasteiger partial charge is 0.0534 e. The van der Waals surface area contributed by atoms with E-state index >= 15 is 0 Å². The summed E-state index contributed by atoms with van der Waals surface area (Å²) < 4.78 is 5.37. The summed E-state index contributed by atoms with van der Waals surface area (Å²) in [6.45, 7) is 6.06. The molecule has 1 aliphatic heterocycles. The highest BCUT2D eigenvalue weighted by Gasteiger charge is 2.32. The normalized spacial score (nSPS) is 41.7. The number of rotatable bonds is 1. The highest BCUT2D eigenvalue weighted by Crippen LogP contribution is 2.29. The molecule has 2 N–H and O–H groups in total. The fourth-order valence-electron chi connectivity index (χ4n) is 1.34. The van der Waals surface area contributed by atoms with Gasteiger partial charge < -0.3 is 10.5 Å². The van der Waals surface area contributed by atoms with E-state index in [4.69, 9.17) is 10.5 Å². The van der Waals surface area contributed by atoms with Gasteiger partial charge in [0.15, 0.2) is 0 Å². The Kier molecular flexibility index (Phi) is 2.32. The van der Waals surface area contributed by atoms with E-state index in [0.29, 0.717) is 6.04 Å². The molecular weight excluding hydrogens is 126 g/mol. The van der Waals surface area contributed by atoms with Gasteiger partial charge in [-0.2, -0.15) is 0 Å². The Labute approximate surface area is 62.7 Å². The maximum absolute atomic E-state index is 5.94. The van der Waals surface area contributed by atoms with E-state index in [1.807, 2.05) is 0 Å². The summed E-state index contributed by atoms with van der Waals surface area (Å²) in [7, 11) is 0. The number of ether oxygens (including phenoxy) is 1. The van der Waals surface area contributed by atoms with Crippen molar-refractivity contribution in [2.45, 2.75) is 32.7 Å². The van der Waals surface area contributed by atoms with Crippen LogP contribution >= 0.6 is 0 Å². The zero-order chi connectivity index (χ0) is 7.61. The van der Waals surface area contributed by atoms with Crippen molar-refractivity contribution in [1.82, 2.24) is 0 Å². The lowest BCUT2D eigenvalue weighted by Gasteiger charge is -2.38. The Balaban J connectivity index is 2.54. The molecule has 0 radical (unpaired) electrons. The van der Waals surface area contributed by atoms with Crippen LogP contribution in [0.15, 0.2) is 0 Å². The molecule has 1 fully saturated rings. The van der Waals surface area contributed by atoms with Crippen molar-refractivity contribution in [2.75, 3.05) is 13.2 Å². The monoisotopic (exact) mass is 143 g/mol. The minimum absolute atomic E-state index is 0.234. The molecule has 2 nitrogen and oxygen atoms in total. The number of hydrogen-bond acceptors (Lipinski definition) is 2. The van der Waals surface area contributed by atoms with E-state index in [1.165, 1.54) is 0 Å². The lowest BCUT2D eigenvalue weighted by atomic mass is 9.78. The molecular formula is C8H17NO. The molecule has 0 aromatic carbocycles. The zero-order valence-electron chi connectivity index (χ0n) is 6.89. The van der Waals surface area contributed by atoms with Crippen LogP contribution < -0.4 is 5.73 Å². The van der Waals surface area contributed by atoms with Gasteiger partial charge in [0.05, 0.1) is 6.61 Å². The van der Waals surface area contributed by atoms with Gasteiger partial charge in [-0.15, -0.1) is 0 Å². The van der Waals surface area contributed by atoms with Gasteiger partial charge in [-0.3, -0.25) is 0 Å². The highest BCUT2D eigenvalue weighted by atomic mass is 16.5. The third-order valence-corrected chi connectivity index (χ3v) is 2.71. The van der Waals surface area contributed by atoms with E-state index in [2.05, 4.69) is 13.8 Å². The van der Waals surface area contributed by atoms with Crippen molar-refractivity contribution in [1.29, 1.82) is 0 Å². The molecule has 0 amide bonds. The Morgan fingerprint density at radius 3 is 2.80 bits per heavy atom. The van der Waals surface area contributed by atoms with Crippen LogP contribution in [0, 0.1) is 5.41 Å². The number of hydrogen-bond donors (Lipinski definition) is 1. The predicted molar refractivity (Wildman–Crippen MR) is 41.8 cm³/mol. The van der Waals surface area contributed by atoms with E-state index in [0.717, 1.165) is 26.1 Å².